The molecule has 0 aromatic carbocycles. The monoisotopic (exact) mass is 493 g/mol. The third-order valence-electron chi connectivity index (χ3n) is 4.96. The second-order valence-electron chi connectivity index (χ2n) is 6.73. The number of hydrogen-bond donors (Lipinski definition) is 4. The molecular weight excluding hydrogens is 473 g/mol. The van der Waals surface area contributed by atoms with Crippen molar-refractivity contribution in [3.05, 3.63) is 17.0 Å². The molecule has 2 aromatic rings. The summed E-state index contributed by atoms with van der Waals surface area (Å²) < 4.78 is 31.9. The fourth-order valence-electron chi connectivity index (χ4n) is 3.40. The van der Waals surface area contributed by atoms with E-state index in [0.717, 1.165) is 0 Å². The van der Waals surface area contributed by atoms with Crippen molar-refractivity contribution in [3.8, 4) is 0 Å². The van der Waals surface area contributed by atoms with Gasteiger partial charge in [0.15, 0.2) is 6.23 Å². The zero-order chi connectivity index (χ0) is 20.8. The predicted molar refractivity (Wildman–Crippen MR) is 104 cm³/mol. The highest BCUT2D eigenvalue weighted by atomic mass is 79.9. The second kappa shape index (κ2) is 8.17. The molecular formula is C15H21BrN5O7P. The zero-order valence-electron chi connectivity index (χ0n) is 15.2. The lowest BCUT2D eigenvalue weighted by Gasteiger charge is -2.30. The maximum absolute atomic E-state index is 12.5. The molecule has 0 aliphatic carbocycles. The Labute approximate surface area is 173 Å². The maximum atomic E-state index is 12.5. The summed E-state index contributed by atoms with van der Waals surface area (Å²) in [5, 5.41) is 21.5. The number of ether oxygens (including phenoxy) is 2. The lowest BCUT2D eigenvalue weighted by Crippen LogP contribution is -2.36. The number of nitrogen functional groups attached to an aromatic ring is 1. The van der Waals surface area contributed by atoms with Gasteiger partial charge in [-0.15, -0.1) is 0 Å². The maximum Gasteiger partial charge on any atom is 0.405 e. The van der Waals surface area contributed by atoms with E-state index in [9.17, 15) is 19.7 Å². The smallest absolute Gasteiger partial charge is 0.387 e. The van der Waals surface area contributed by atoms with E-state index in [4.69, 9.17) is 19.7 Å². The van der Waals surface area contributed by atoms with Gasteiger partial charge in [-0.05, 0) is 22.0 Å². The van der Waals surface area contributed by atoms with Gasteiger partial charge in [0, 0.05) is 13.1 Å². The number of aromatic nitrogens is 3. The SMILES string of the molecule is Nc1ncnc2c1cc(Br)n2[C@@H]1O[C@H](COP(=O)(O)N2CCOCC2)[C@@H](O)[C@H]1O. The van der Waals surface area contributed by atoms with Crippen molar-refractivity contribution in [1.29, 1.82) is 0 Å². The van der Waals surface area contributed by atoms with E-state index in [0.29, 0.717) is 28.9 Å². The minimum atomic E-state index is -4.07. The van der Waals surface area contributed by atoms with E-state index in [-0.39, 0.29) is 25.5 Å². The van der Waals surface area contributed by atoms with Crippen LogP contribution in [0.15, 0.2) is 17.0 Å². The third-order valence-corrected chi connectivity index (χ3v) is 7.17. The third kappa shape index (κ3) is 3.94. The molecule has 2 aliphatic heterocycles. The first-order chi connectivity index (χ1) is 13.8. The molecule has 0 radical (unpaired) electrons. The number of morpholine rings is 1. The molecule has 2 saturated heterocycles. The molecule has 0 amide bonds. The van der Waals surface area contributed by atoms with Crippen LogP contribution in [0.3, 0.4) is 0 Å². The molecule has 2 aliphatic rings. The number of rotatable bonds is 5. The zero-order valence-corrected chi connectivity index (χ0v) is 17.6. The first-order valence-electron chi connectivity index (χ1n) is 8.88. The molecule has 4 rings (SSSR count). The number of aliphatic hydroxyl groups is 2. The molecule has 5 atom stereocenters. The van der Waals surface area contributed by atoms with Gasteiger partial charge < -0.3 is 30.3 Å². The van der Waals surface area contributed by atoms with Crippen LogP contribution in [0.2, 0.25) is 0 Å². The minimum Gasteiger partial charge on any atom is -0.387 e. The first kappa shape index (κ1) is 21.1. The fourth-order valence-corrected chi connectivity index (χ4v) is 5.17. The summed E-state index contributed by atoms with van der Waals surface area (Å²) in [6.45, 7) is 0.800. The van der Waals surface area contributed by atoms with E-state index in [1.165, 1.54) is 15.6 Å². The molecule has 0 bridgehead atoms. The van der Waals surface area contributed by atoms with Crippen molar-refractivity contribution in [2.45, 2.75) is 24.5 Å². The van der Waals surface area contributed by atoms with Crippen LogP contribution in [0.25, 0.3) is 11.0 Å². The molecule has 2 fully saturated rings. The van der Waals surface area contributed by atoms with Crippen molar-refractivity contribution >= 4 is 40.5 Å². The minimum absolute atomic E-state index is 0.258. The summed E-state index contributed by atoms with van der Waals surface area (Å²) in [6, 6.07) is 1.68. The first-order valence-corrected chi connectivity index (χ1v) is 11.2. The molecule has 0 spiro atoms. The Kier molecular flexibility index (Phi) is 5.95. The van der Waals surface area contributed by atoms with Gasteiger partial charge in [-0.25, -0.2) is 19.2 Å². The standard InChI is InChI=1S/C15H21BrN5O7P/c16-10-5-8-13(17)18-7-19-14(8)21(10)15-12(23)11(22)9(28-15)6-27-29(24,25)20-1-3-26-4-2-20/h5,7,9,11-12,15,22-23H,1-4,6H2,(H,24,25)(H2,17,18,19)/t9-,11-,12-,15-/m1/s1. The molecule has 29 heavy (non-hydrogen) atoms. The van der Waals surface area contributed by atoms with Gasteiger partial charge in [0.1, 0.15) is 36.1 Å². The molecule has 1 unspecified atom stereocenters. The molecule has 160 valence electrons. The molecule has 14 heteroatoms. The number of nitrogens with two attached hydrogens (primary N) is 1. The number of halogens is 1. The lowest BCUT2D eigenvalue weighted by molar-refractivity contribution is -0.0514. The highest BCUT2D eigenvalue weighted by Gasteiger charge is 2.46. The van der Waals surface area contributed by atoms with Crippen molar-refractivity contribution in [1.82, 2.24) is 19.2 Å². The number of aliphatic hydroxyl groups excluding tert-OH is 2. The van der Waals surface area contributed by atoms with Gasteiger partial charge in [-0.1, -0.05) is 0 Å². The van der Waals surface area contributed by atoms with E-state index in [2.05, 4.69) is 25.9 Å². The van der Waals surface area contributed by atoms with Crippen LogP contribution in [0, 0.1) is 0 Å². The summed E-state index contributed by atoms with van der Waals surface area (Å²) in [6.07, 6.45) is -3.42. The van der Waals surface area contributed by atoms with Gasteiger partial charge in [-0.3, -0.25) is 9.09 Å². The highest BCUT2D eigenvalue weighted by molar-refractivity contribution is 9.10. The fraction of sp³-hybridized carbons (Fsp3) is 0.600. The lowest BCUT2D eigenvalue weighted by atomic mass is 10.1. The van der Waals surface area contributed by atoms with Gasteiger partial charge >= 0.3 is 7.75 Å². The van der Waals surface area contributed by atoms with Crippen LogP contribution in [-0.2, 0) is 18.6 Å². The topological polar surface area (TPSA) is 165 Å². The van der Waals surface area contributed by atoms with Crippen LogP contribution in [0.1, 0.15) is 6.23 Å². The highest BCUT2D eigenvalue weighted by Crippen LogP contribution is 2.47. The quantitative estimate of drug-likeness (QED) is 0.408. The average Bonchev–Trinajstić information content (AvgIpc) is 3.18. The van der Waals surface area contributed by atoms with E-state index < -0.39 is 32.3 Å². The van der Waals surface area contributed by atoms with Crippen molar-refractivity contribution < 1.29 is 33.7 Å². The van der Waals surface area contributed by atoms with Crippen molar-refractivity contribution in [2.75, 3.05) is 38.6 Å². The summed E-state index contributed by atoms with van der Waals surface area (Å²) in [5.41, 5.74) is 6.27. The Morgan fingerprint density at radius 3 is 2.76 bits per heavy atom. The van der Waals surface area contributed by atoms with Crippen LogP contribution < -0.4 is 5.73 Å². The van der Waals surface area contributed by atoms with Gasteiger partial charge in [0.05, 0.1) is 29.8 Å². The molecule has 2 aromatic heterocycles. The molecule has 4 heterocycles. The van der Waals surface area contributed by atoms with Crippen LogP contribution >= 0.6 is 23.7 Å². The van der Waals surface area contributed by atoms with Gasteiger partial charge in [0.2, 0.25) is 0 Å². The second-order valence-corrected chi connectivity index (χ2v) is 9.35. The molecule has 0 saturated carbocycles. The van der Waals surface area contributed by atoms with E-state index in [1.807, 2.05) is 0 Å². The number of anilines is 1. The van der Waals surface area contributed by atoms with Crippen molar-refractivity contribution in [3.63, 3.8) is 0 Å². The Balaban J connectivity index is 1.51. The van der Waals surface area contributed by atoms with Gasteiger partial charge in [0.25, 0.3) is 0 Å². The summed E-state index contributed by atoms with van der Waals surface area (Å²) >= 11 is 3.38. The average molecular weight is 494 g/mol. The Bertz CT molecular complexity index is 939. The number of nitrogens with zero attached hydrogens (tertiary/aromatic N) is 4. The summed E-state index contributed by atoms with van der Waals surface area (Å²) in [5.74, 6) is 0.258. The van der Waals surface area contributed by atoms with Crippen LogP contribution in [0.4, 0.5) is 5.82 Å². The molecule has 12 nitrogen and oxygen atoms in total. The van der Waals surface area contributed by atoms with Crippen LogP contribution in [-0.4, -0.2) is 85.5 Å². The van der Waals surface area contributed by atoms with Gasteiger partial charge in [-0.2, -0.15) is 0 Å². The van der Waals surface area contributed by atoms with E-state index in [1.54, 1.807) is 6.07 Å². The summed E-state index contributed by atoms with van der Waals surface area (Å²) in [7, 11) is -4.07. The summed E-state index contributed by atoms with van der Waals surface area (Å²) in [4.78, 5) is 18.3. The van der Waals surface area contributed by atoms with E-state index >= 15 is 0 Å². The normalized spacial score (nSPS) is 30.6. The Hall–Kier alpha value is -1.15. The van der Waals surface area contributed by atoms with Crippen LogP contribution in [0.5, 0.6) is 0 Å². The predicted octanol–water partition coefficient (Wildman–Crippen LogP) is -0.156. The number of fused-ring (bicyclic) bond motifs is 1. The Morgan fingerprint density at radius 1 is 1.31 bits per heavy atom. The Morgan fingerprint density at radius 2 is 2.03 bits per heavy atom. The largest absolute Gasteiger partial charge is 0.405 e. The number of hydrogen-bond acceptors (Lipinski definition) is 9. The van der Waals surface area contributed by atoms with Crippen molar-refractivity contribution in [2.24, 2.45) is 0 Å². The molecule has 5 N–H and O–H groups in total.